The molecule has 2 aromatic rings. The second-order valence-electron chi connectivity index (χ2n) is 7.05. The number of hydrogen-bond donors (Lipinski definition) is 3. The van der Waals surface area contributed by atoms with Crippen molar-refractivity contribution in [2.75, 3.05) is 11.9 Å². The summed E-state index contributed by atoms with van der Waals surface area (Å²) in [5.74, 6) is -2.08. The number of anilines is 1. The van der Waals surface area contributed by atoms with Crippen LogP contribution < -0.4 is 10.6 Å². The number of benzene rings is 2. The molecule has 0 unspecified atom stereocenters. The molecule has 0 aliphatic rings. The molecule has 0 fully saturated rings. The Morgan fingerprint density at radius 1 is 0.963 bits per heavy atom. The summed E-state index contributed by atoms with van der Waals surface area (Å²) in [6.07, 6.45) is 0. The molecular weight excluding hydrogens is 368 g/mol. The topological polar surface area (TPSA) is 95.5 Å². The van der Waals surface area contributed by atoms with Gasteiger partial charge in [0.2, 0.25) is 0 Å². The van der Waals surface area contributed by atoms with Crippen molar-refractivity contribution in [1.29, 1.82) is 0 Å². The quantitative estimate of drug-likeness (QED) is 0.727. The molecule has 2 amide bonds. The molecular formula is C20H21ClN2O4. The molecule has 0 spiro atoms. The van der Waals surface area contributed by atoms with Crippen LogP contribution in [0, 0.1) is 0 Å². The molecule has 0 heterocycles. The van der Waals surface area contributed by atoms with Crippen LogP contribution in [-0.4, -0.2) is 29.4 Å². The summed E-state index contributed by atoms with van der Waals surface area (Å²) in [6.45, 7) is 5.76. The van der Waals surface area contributed by atoms with E-state index in [0.717, 1.165) is 5.56 Å². The van der Waals surface area contributed by atoms with Gasteiger partial charge in [0, 0.05) is 11.1 Å². The number of carbonyl (C=O) groups is 3. The molecule has 6 nitrogen and oxygen atoms in total. The maximum absolute atomic E-state index is 12.5. The maximum atomic E-state index is 12.5. The van der Waals surface area contributed by atoms with Crippen LogP contribution in [0.1, 0.15) is 47.1 Å². The fraction of sp³-hybridized carbons (Fsp3) is 0.250. The van der Waals surface area contributed by atoms with Gasteiger partial charge in [0.1, 0.15) is 6.54 Å². The van der Waals surface area contributed by atoms with Gasteiger partial charge in [0.05, 0.1) is 10.7 Å². The molecule has 3 N–H and O–H groups in total. The summed E-state index contributed by atoms with van der Waals surface area (Å²) < 4.78 is 0. The maximum Gasteiger partial charge on any atom is 0.322 e. The number of carboxylic acids is 1. The average Bonchev–Trinajstić information content (AvgIpc) is 2.60. The highest BCUT2D eigenvalue weighted by molar-refractivity contribution is 6.34. The smallest absolute Gasteiger partial charge is 0.322 e. The number of aliphatic carboxylic acids is 1. The third-order valence-corrected chi connectivity index (χ3v) is 4.22. The zero-order valence-corrected chi connectivity index (χ0v) is 16.1. The molecule has 0 radical (unpaired) electrons. The van der Waals surface area contributed by atoms with Gasteiger partial charge in [0.15, 0.2) is 0 Å². The van der Waals surface area contributed by atoms with E-state index in [-0.39, 0.29) is 27.6 Å². The van der Waals surface area contributed by atoms with Gasteiger partial charge in [-0.2, -0.15) is 0 Å². The second-order valence-corrected chi connectivity index (χ2v) is 7.46. The fourth-order valence-corrected chi connectivity index (χ4v) is 2.50. The van der Waals surface area contributed by atoms with Crippen LogP contribution in [0.15, 0.2) is 42.5 Å². The van der Waals surface area contributed by atoms with Crippen LogP contribution in [0.2, 0.25) is 5.02 Å². The Bertz CT molecular complexity index is 871. The Labute approximate surface area is 162 Å². The van der Waals surface area contributed by atoms with Crippen LogP contribution >= 0.6 is 11.6 Å². The van der Waals surface area contributed by atoms with Gasteiger partial charge in [-0.25, -0.2) is 0 Å². The van der Waals surface area contributed by atoms with Crippen molar-refractivity contribution in [3.8, 4) is 0 Å². The molecule has 0 aliphatic heterocycles. The van der Waals surface area contributed by atoms with Crippen LogP contribution in [0.25, 0.3) is 0 Å². The summed E-state index contributed by atoms with van der Waals surface area (Å²) in [4.78, 5) is 35.0. The SMILES string of the molecule is CC(C)(C)c1ccc(C(=O)Nc2cc(C(=O)NCC(=O)O)ccc2Cl)cc1. The first-order valence-corrected chi connectivity index (χ1v) is 8.67. The zero-order chi connectivity index (χ0) is 20.2. The van der Waals surface area contributed by atoms with E-state index in [2.05, 4.69) is 31.4 Å². The van der Waals surface area contributed by atoms with Crippen LogP contribution in [0.5, 0.6) is 0 Å². The monoisotopic (exact) mass is 388 g/mol. The highest BCUT2D eigenvalue weighted by Crippen LogP contribution is 2.25. The van der Waals surface area contributed by atoms with E-state index in [9.17, 15) is 14.4 Å². The van der Waals surface area contributed by atoms with E-state index in [1.165, 1.54) is 18.2 Å². The summed E-state index contributed by atoms with van der Waals surface area (Å²) in [5, 5.41) is 13.8. The molecule has 0 aromatic heterocycles. The minimum Gasteiger partial charge on any atom is -0.480 e. The summed E-state index contributed by atoms with van der Waals surface area (Å²) >= 11 is 6.10. The minimum absolute atomic E-state index is 0.0179. The molecule has 7 heteroatoms. The van der Waals surface area contributed by atoms with Gasteiger partial charge in [-0.15, -0.1) is 0 Å². The van der Waals surface area contributed by atoms with Gasteiger partial charge in [-0.05, 0) is 41.3 Å². The van der Waals surface area contributed by atoms with E-state index in [0.29, 0.717) is 5.56 Å². The molecule has 2 aromatic carbocycles. The van der Waals surface area contributed by atoms with Gasteiger partial charge in [0.25, 0.3) is 11.8 Å². The molecule has 0 saturated heterocycles. The Balaban J connectivity index is 2.16. The number of halogens is 1. The zero-order valence-electron chi connectivity index (χ0n) is 15.3. The number of nitrogens with one attached hydrogen (secondary N) is 2. The van der Waals surface area contributed by atoms with Crippen molar-refractivity contribution in [1.82, 2.24) is 5.32 Å². The lowest BCUT2D eigenvalue weighted by atomic mass is 9.87. The van der Waals surface area contributed by atoms with E-state index >= 15 is 0 Å². The largest absolute Gasteiger partial charge is 0.480 e. The Hall–Kier alpha value is -2.86. The lowest BCUT2D eigenvalue weighted by Gasteiger charge is -2.19. The molecule has 0 atom stereocenters. The number of amides is 2. The summed E-state index contributed by atoms with van der Waals surface area (Å²) in [6, 6.07) is 11.6. The number of hydrogen-bond acceptors (Lipinski definition) is 3. The first-order valence-electron chi connectivity index (χ1n) is 8.29. The standard InChI is InChI=1S/C20H21ClN2O4/c1-20(2,3)14-7-4-12(5-8-14)19(27)23-16-10-13(6-9-15(16)21)18(26)22-11-17(24)25/h4-10H,11H2,1-3H3,(H,22,26)(H,23,27)(H,24,25). The molecule has 2 rings (SSSR count). The number of rotatable bonds is 5. The van der Waals surface area contributed by atoms with Crippen LogP contribution in [0.3, 0.4) is 0 Å². The van der Waals surface area contributed by atoms with Crippen molar-refractivity contribution in [2.45, 2.75) is 26.2 Å². The van der Waals surface area contributed by atoms with Gasteiger partial charge < -0.3 is 15.7 Å². The Kier molecular flexibility index (Phi) is 6.23. The van der Waals surface area contributed by atoms with Gasteiger partial charge >= 0.3 is 5.97 Å². The van der Waals surface area contributed by atoms with E-state index < -0.39 is 18.4 Å². The highest BCUT2D eigenvalue weighted by Gasteiger charge is 2.16. The number of carbonyl (C=O) groups excluding carboxylic acids is 2. The van der Waals surface area contributed by atoms with Crippen LogP contribution in [-0.2, 0) is 10.2 Å². The fourth-order valence-electron chi connectivity index (χ4n) is 2.34. The molecule has 27 heavy (non-hydrogen) atoms. The van der Waals surface area contributed by atoms with Crippen molar-refractivity contribution >= 4 is 35.1 Å². The summed E-state index contributed by atoms with van der Waals surface area (Å²) in [5.41, 5.74) is 2.01. The predicted molar refractivity (Wildman–Crippen MR) is 105 cm³/mol. The number of carboxylic acid groups (broad SMARTS) is 1. The van der Waals surface area contributed by atoms with Crippen molar-refractivity contribution in [3.05, 3.63) is 64.2 Å². The molecule has 0 aliphatic carbocycles. The van der Waals surface area contributed by atoms with E-state index in [1.54, 1.807) is 12.1 Å². The van der Waals surface area contributed by atoms with Crippen molar-refractivity contribution < 1.29 is 19.5 Å². The third-order valence-electron chi connectivity index (χ3n) is 3.89. The molecule has 0 saturated carbocycles. The third kappa shape index (κ3) is 5.56. The second kappa shape index (κ2) is 8.22. The van der Waals surface area contributed by atoms with E-state index in [4.69, 9.17) is 16.7 Å². The van der Waals surface area contributed by atoms with Gasteiger partial charge in [-0.3, -0.25) is 14.4 Å². The average molecular weight is 389 g/mol. The predicted octanol–water partition coefficient (Wildman–Crippen LogP) is 3.70. The Morgan fingerprint density at radius 2 is 1.56 bits per heavy atom. The first-order chi connectivity index (χ1) is 12.6. The summed E-state index contributed by atoms with van der Waals surface area (Å²) in [7, 11) is 0. The Morgan fingerprint density at radius 3 is 2.11 bits per heavy atom. The normalized spacial score (nSPS) is 11.0. The highest BCUT2D eigenvalue weighted by atomic mass is 35.5. The van der Waals surface area contributed by atoms with Crippen LogP contribution in [0.4, 0.5) is 5.69 Å². The molecule has 142 valence electrons. The lowest BCUT2D eigenvalue weighted by Crippen LogP contribution is -2.29. The lowest BCUT2D eigenvalue weighted by molar-refractivity contribution is -0.135. The van der Waals surface area contributed by atoms with E-state index in [1.807, 2.05) is 12.1 Å². The first kappa shape index (κ1) is 20.5. The van der Waals surface area contributed by atoms with Gasteiger partial charge in [-0.1, -0.05) is 44.5 Å². The minimum atomic E-state index is -1.15. The molecule has 0 bridgehead atoms. The van der Waals surface area contributed by atoms with Crippen molar-refractivity contribution in [2.24, 2.45) is 0 Å². The van der Waals surface area contributed by atoms with Crippen molar-refractivity contribution in [3.63, 3.8) is 0 Å².